The fourth-order valence-corrected chi connectivity index (χ4v) is 0.596. The summed E-state index contributed by atoms with van der Waals surface area (Å²) in [5, 5.41) is 0. The highest BCUT2D eigenvalue weighted by Crippen LogP contribution is 2.26. The minimum atomic E-state index is 0.0568. The highest BCUT2D eigenvalue weighted by Gasteiger charge is 2.17. The van der Waals surface area contributed by atoms with Gasteiger partial charge in [-0.1, -0.05) is 20.8 Å². The van der Waals surface area contributed by atoms with Gasteiger partial charge in [0.05, 0.1) is 5.70 Å². The van der Waals surface area contributed by atoms with E-state index in [1.807, 2.05) is 0 Å². The molecule has 2 nitrogen and oxygen atoms in total. The Hall–Kier alpha value is -1.01. The minimum Gasteiger partial charge on any atom is -0.461 e. The van der Waals surface area contributed by atoms with Gasteiger partial charge in [0, 0.05) is 11.3 Å². The molecular weight excluding hydrogens is 126 g/mol. The van der Waals surface area contributed by atoms with E-state index in [1.54, 1.807) is 6.26 Å². The van der Waals surface area contributed by atoms with E-state index in [0.717, 1.165) is 5.70 Å². The van der Waals surface area contributed by atoms with Crippen LogP contribution >= 0.6 is 0 Å². The molecule has 1 aliphatic heterocycles. The lowest BCUT2D eigenvalue weighted by Gasteiger charge is -2.18. The first-order valence-electron chi connectivity index (χ1n) is 3.25. The van der Waals surface area contributed by atoms with Crippen LogP contribution in [0.4, 0.5) is 0 Å². The molecule has 0 atom stereocenters. The molecule has 0 fully saturated rings. The number of rotatable bonds is 0. The highest BCUT2D eigenvalue weighted by atomic mass is 16.5. The van der Waals surface area contributed by atoms with E-state index >= 15 is 0 Å². The second kappa shape index (κ2) is 2.31. The summed E-state index contributed by atoms with van der Waals surface area (Å²) in [6, 6.07) is 0. The zero-order valence-corrected chi connectivity index (χ0v) is 6.51. The van der Waals surface area contributed by atoms with Crippen molar-refractivity contribution < 1.29 is 4.74 Å². The predicted octanol–water partition coefficient (Wildman–Crippen LogP) is 2.09. The highest BCUT2D eigenvalue weighted by molar-refractivity contribution is 5.53. The summed E-state index contributed by atoms with van der Waals surface area (Å²) in [6.07, 6.45) is 3.09. The zero-order valence-electron chi connectivity index (χ0n) is 6.51. The summed E-state index contributed by atoms with van der Waals surface area (Å²) in [6.45, 7) is 6.25. The first-order chi connectivity index (χ1) is 4.61. The number of hydrogen-bond donors (Lipinski definition) is 0. The first-order valence-corrected chi connectivity index (χ1v) is 3.25. The SMILES string of the molecule is CC(C)(C)C1=COC=C=N1. The van der Waals surface area contributed by atoms with Gasteiger partial charge in [0.15, 0.2) is 6.26 Å². The molecule has 0 unspecified atom stereocenters. The fourth-order valence-electron chi connectivity index (χ4n) is 0.596. The van der Waals surface area contributed by atoms with E-state index in [4.69, 9.17) is 4.74 Å². The Labute approximate surface area is 60.9 Å². The molecule has 2 heteroatoms. The van der Waals surface area contributed by atoms with Gasteiger partial charge in [0.25, 0.3) is 0 Å². The maximum Gasteiger partial charge on any atom is 0.151 e. The van der Waals surface area contributed by atoms with Crippen molar-refractivity contribution in [2.24, 2.45) is 10.4 Å². The standard InChI is InChI=1S/C8H11NO/c1-8(2,3)7-6-10-5-4-9-7/h5-6H,1-3H3. The molecule has 0 aromatic rings. The van der Waals surface area contributed by atoms with Crippen LogP contribution in [0, 0.1) is 5.41 Å². The molecule has 0 N–H and O–H groups in total. The van der Waals surface area contributed by atoms with Crippen molar-refractivity contribution in [2.75, 3.05) is 0 Å². The molecule has 0 saturated heterocycles. The fraction of sp³-hybridized carbons (Fsp3) is 0.500. The lowest BCUT2D eigenvalue weighted by molar-refractivity contribution is 0.373. The Morgan fingerprint density at radius 1 is 1.50 bits per heavy atom. The second-order valence-corrected chi connectivity index (χ2v) is 3.25. The summed E-state index contributed by atoms with van der Waals surface area (Å²) < 4.78 is 4.92. The van der Waals surface area contributed by atoms with Gasteiger partial charge in [-0.05, 0) is 0 Å². The molecule has 0 amide bonds. The van der Waals surface area contributed by atoms with Crippen LogP contribution in [0.5, 0.6) is 0 Å². The van der Waals surface area contributed by atoms with E-state index in [-0.39, 0.29) is 5.41 Å². The van der Waals surface area contributed by atoms with Gasteiger partial charge in [-0.25, -0.2) is 4.99 Å². The summed E-state index contributed by atoms with van der Waals surface area (Å²) >= 11 is 0. The maximum absolute atomic E-state index is 4.92. The van der Waals surface area contributed by atoms with Crippen molar-refractivity contribution in [1.82, 2.24) is 0 Å². The van der Waals surface area contributed by atoms with Crippen LogP contribution in [0.15, 0.2) is 23.2 Å². The van der Waals surface area contributed by atoms with Crippen LogP contribution < -0.4 is 0 Å². The van der Waals surface area contributed by atoms with Crippen LogP contribution in [0.1, 0.15) is 20.8 Å². The zero-order chi connectivity index (χ0) is 7.61. The quantitative estimate of drug-likeness (QED) is 0.501. The van der Waals surface area contributed by atoms with Crippen molar-refractivity contribution >= 4 is 5.87 Å². The van der Waals surface area contributed by atoms with Crippen molar-refractivity contribution in [3.8, 4) is 0 Å². The Morgan fingerprint density at radius 3 is 2.50 bits per heavy atom. The van der Waals surface area contributed by atoms with Crippen molar-refractivity contribution in [1.29, 1.82) is 0 Å². The average molecular weight is 137 g/mol. The molecular formula is C8H11NO. The topological polar surface area (TPSA) is 21.6 Å². The number of ether oxygens (including phenoxy) is 1. The predicted molar refractivity (Wildman–Crippen MR) is 40.6 cm³/mol. The third kappa shape index (κ3) is 1.49. The van der Waals surface area contributed by atoms with Gasteiger partial charge < -0.3 is 4.74 Å². The Kier molecular flexibility index (Phi) is 1.64. The smallest absolute Gasteiger partial charge is 0.151 e. The Balaban J connectivity index is 2.85. The van der Waals surface area contributed by atoms with Gasteiger partial charge in [-0.2, -0.15) is 0 Å². The van der Waals surface area contributed by atoms with Crippen LogP contribution in [0.25, 0.3) is 0 Å². The number of hydrogen-bond acceptors (Lipinski definition) is 2. The molecule has 1 rings (SSSR count). The van der Waals surface area contributed by atoms with Gasteiger partial charge in [-0.15, -0.1) is 0 Å². The van der Waals surface area contributed by atoms with E-state index in [1.165, 1.54) is 6.26 Å². The van der Waals surface area contributed by atoms with Crippen LogP contribution in [0.2, 0.25) is 0 Å². The molecule has 54 valence electrons. The largest absolute Gasteiger partial charge is 0.461 e. The van der Waals surface area contributed by atoms with Crippen molar-refractivity contribution in [3.05, 3.63) is 18.2 Å². The summed E-state index contributed by atoms with van der Waals surface area (Å²) in [5.41, 5.74) is 0.983. The van der Waals surface area contributed by atoms with Crippen LogP contribution in [-0.4, -0.2) is 5.87 Å². The van der Waals surface area contributed by atoms with Gasteiger partial charge >= 0.3 is 0 Å². The molecule has 0 aromatic carbocycles. The average Bonchev–Trinajstić information content (AvgIpc) is 1.88. The van der Waals surface area contributed by atoms with Gasteiger partial charge in [0.2, 0.25) is 0 Å². The monoisotopic (exact) mass is 137 g/mol. The van der Waals surface area contributed by atoms with E-state index in [9.17, 15) is 0 Å². The van der Waals surface area contributed by atoms with Gasteiger partial charge in [0.1, 0.15) is 6.26 Å². The van der Waals surface area contributed by atoms with Crippen molar-refractivity contribution in [2.45, 2.75) is 20.8 Å². The van der Waals surface area contributed by atoms with Crippen LogP contribution in [-0.2, 0) is 4.74 Å². The molecule has 0 saturated carbocycles. The van der Waals surface area contributed by atoms with Crippen molar-refractivity contribution in [3.63, 3.8) is 0 Å². The molecule has 10 heavy (non-hydrogen) atoms. The first kappa shape index (κ1) is 7.10. The molecule has 0 spiro atoms. The Morgan fingerprint density at radius 2 is 2.20 bits per heavy atom. The molecule has 0 aromatic heterocycles. The molecule has 0 aliphatic carbocycles. The maximum atomic E-state index is 4.92. The van der Waals surface area contributed by atoms with E-state index in [2.05, 4.69) is 31.6 Å². The molecule has 0 bridgehead atoms. The number of aliphatic imine (C=N–C) groups is 1. The lowest BCUT2D eigenvalue weighted by Crippen LogP contribution is -2.08. The Bertz CT molecular complexity index is 214. The molecule has 1 heterocycles. The third-order valence-corrected chi connectivity index (χ3v) is 1.25. The summed E-state index contributed by atoms with van der Waals surface area (Å²) in [5.74, 6) is 2.65. The summed E-state index contributed by atoms with van der Waals surface area (Å²) in [4.78, 5) is 4.03. The minimum absolute atomic E-state index is 0.0568. The van der Waals surface area contributed by atoms with E-state index in [0.29, 0.717) is 0 Å². The van der Waals surface area contributed by atoms with Gasteiger partial charge in [-0.3, -0.25) is 0 Å². The summed E-state index contributed by atoms with van der Waals surface area (Å²) in [7, 11) is 0. The molecule has 0 radical (unpaired) electrons. The second-order valence-electron chi connectivity index (χ2n) is 3.25. The lowest BCUT2D eigenvalue weighted by atomic mass is 9.93. The number of allylic oxidation sites excluding steroid dienone is 1. The third-order valence-electron chi connectivity index (χ3n) is 1.25. The van der Waals surface area contributed by atoms with Crippen LogP contribution in [0.3, 0.4) is 0 Å². The van der Waals surface area contributed by atoms with E-state index < -0.39 is 0 Å². The number of nitrogens with zero attached hydrogens (tertiary/aromatic N) is 1. The normalized spacial score (nSPS) is 16.5. The molecule has 1 aliphatic rings.